The normalized spacial score (nSPS) is 12.2. The van der Waals surface area contributed by atoms with Gasteiger partial charge in [0.15, 0.2) is 0 Å². The lowest BCUT2D eigenvalue weighted by atomic mass is 10.2. The summed E-state index contributed by atoms with van der Waals surface area (Å²) in [6, 6.07) is 6.09. The molecule has 0 aromatic carbocycles. The van der Waals surface area contributed by atoms with Crippen LogP contribution in [0.3, 0.4) is 0 Å². The van der Waals surface area contributed by atoms with Gasteiger partial charge < -0.3 is 0 Å². The number of hydrogen-bond acceptors (Lipinski definition) is 3. The van der Waals surface area contributed by atoms with Crippen molar-refractivity contribution < 1.29 is 0 Å². The molecule has 0 bridgehead atoms. The molecular formula is C15H12N2S2. The summed E-state index contributed by atoms with van der Waals surface area (Å²) in [6.07, 6.45) is 5.98. The lowest BCUT2D eigenvalue weighted by Crippen LogP contribution is -1.74. The molecule has 2 nitrogen and oxygen atoms in total. The molecule has 0 aliphatic carbocycles. The summed E-state index contributed by atoms with van der Waals surface area (Å²) in [5.41, 5.74) is 0.133. The summed E-state index contributed by atoms with van der Waals surface area (Å²) in [6.45, 7) is 11.2. The van der Waals surface area contributed by atoms with Crippen LogP contribution in [0.25, 0.3) is 26.4 Å². The highest BCUT2D eigenvalue weighted by Gasteiger charge is 2.05. The van der Waals surface area contributed by atoms with Gasteiger partial charge in [-0.2, -0.15) is 0 Å². The van der Waals surface area contributed by atoms with Gasteiger partial charge in [-0.15, -0.1) is 22.7 Å². The Kier molecular flexibility index (Phi) is 4.16. The standard InChI is InChI=1S/C15H12N2S2/c1-10(2)4-5-12-7-14-15(18-12)8-13(19-14)6-11(9-16)17-3/h4-8,10H,1-2H3/b5-4+,11-6-. The van der Waals surface area contributed by atoms with Gasteiger partial charge >= 0.3 is 0 Å². The number of hydrogen-bond donors (Lipinski definition) is 0. The second kappa shape index (κ2) is 5.84. The molecular weight excluding hydrogens is 272 g/mol. The quantitative estimate of drug-likeness (QED) is 0.546. The third-order valence-corrected chi connectivity index (χ3v) is 4.61. The van der Waals surface area contributed by atoms with Gasteiger partial charge in [0, 0.05) is 19.2 Å². The van der Waals surface area contributed by atoms with Crippen LogP contribution in [0.2, 0.25) is 0 Å². The molecule has 2 aromatic rings. The Labute approximate surface area is 120 Å². The summed E-state index contributed by atoms with van der Waals surface area (Å²) in [4.78, 5) is 5.38. The number of thiophene rings is 2. The Bertz CT molecular complexity index is 683. The van der Waals surface area contributed by atoms with Crippen LogP contribution in [-0.2, 0) is 0 Å². The van der Waals surface area contributed by atoms with Crippen LogP contribution in [0.5, 0.6) is 0 Å². The first kappa shape index (κ1) is 13.5. The smallest absolute Gasteiger partial charge is 0.227 e. The summed E-state index contributed by atoms with van der Waals surface area (Å²) >= 11 is 3.35. The minimum Gasteiger partial charge on any atom is -0.227 e. The maximum Gasteiger partial charge on any atom is 0.263 e. The van der Waals surface area contributed by atoms with Crippen molar-refractivity contribution in [1.29, 1.82) is 5.26 Å². The van der Waals surface area contributed by atoms with Gasteiger partial charge in [0.1, 0.15) is 0 Å². The summed E-state index contributed by atoms with van der Waals surface area (Å²) in [5, 5.41) is 8.74. The highest BCUT2D eigenvalue weighted by molar-refractivity contribution is 7.28. The van der Waals surface area contributed by atoms with Crippen molar-refractivity contribution in [3.05, 3.63) is 45.1 Å². The Balaban J connectivity index is 2.31. The average molecular weight is 284 g/mol. The van der Waals surface area contributed by atoms with Gasteiger partial charge in [-0.25, -0.2) is 10.1 Å². The number of fused-ring (bicyclic) bond motifs is 1. The lowest BCUT2D eigenvalue weighted by molar-refractivity contribution is 0.836. The van der Waals surface area contributed by atoms with E-state index in [2.05, 4.69) is 36.9 Å². The number of allylic oxidation sites excluding steroid dienone is 2. The fourth-order valence-electron chi connectivity index (χ4n) is 1.54. The molecule has 0 atom stereocenters. The van der Waals surface area contributed by atoms with E-state index in [9.17, 15) is 0 Å². The van der Waals surface area contributed by atoms with Gasteiger partial charge in [-0.3, -0.25) is 0 Å². The molecule has 4 heteroatoms. The topological polar surface area (TPSA) is 28.1 Å². The molecule has 0 saturated carbocycles. The first-order chi connectivity index (χ1) is 9.12. The van der Waals surface area contributed by atoms with Crippen LogP contribution in [0, 0.1) is 23.8 Å². The van der Waals surface area contributed by atoms with Gasteiger partial charge in [0.2, 0.25) is 0 Å². The monoisotopic (exact) mass is 284 g/mol. The SMILES string of the molecule is [C-]#[N+]/C(C#N)=C\c1cc2sc(/C=C/C(C)C)cc2s1. The molecule has 94 valence electrons. The summed E-state index contributed by atoms with van der Waals surface area (Å²) < 4.78 is 2.42. The molecule has 2 rings (SSSR count). The maximum atomic E-state index is 8.74. The first-order valence-electron chi connectivity index (χ1n) is 5.83. The maximum absolute atomic E-state index is 8.74. The zero-order valence-corrected chi connectivity index (χ0v) is 12.3. The van der Waals surface area contributed by atoms with E-state index in [1.54, 1.807) is 28.7 Å². The Morgan fingerprint density at radius 2 is 1.95 bits per heavy atom. The highest BCUT2D eigenvalue weighted by Crippen LogP contribution is 2.34. The van der Waals surface area contributed by atoms with Crippen LogP contribution >= 0.6 is 22.7 Å². The van der Waals surface area contributed by atoms with Crippen molar-refractivity contribution in [2.75, 3.05) is 0 Å². The summed E-state index contributed by atoms with van der Waals surface area (Å²) in [7, 11) is 0. The number of nitriles is 1. The summed E-state index contributed by atoms with van der Waals surface area (Å²) in [5.74, 6) is 0.551. The third-order valence-electron chi connectivity index (χ3n) is 2.40. The van der Waals surface area contributed by atoms with Gasteiger partial charge in [0.25, 0.3) is 5.70 Å². The Hall–Kier alpha value is -1.88. The fraction of sp³-hybridized carbons (Fsp3) is 0.200. The average Bonchev–Trinajstić information content (AvgIpc) is 2.90. The van der Waals surface area contributed by atoms with Crippen LogP contribution in [0.15, 0.2) is 23.9 Å². The van der Waals surface area contributed by atoms with E-state index < -0.39 is 0 Å². The third kappa shape index (κ3) is 3.32. The van der Waals surface area contributed by atoms with Gasteiger partial charge in [-0.1, -0.05) is 19.9 Å². The van der Waals surface area contributed by atoms with E-state index in [0.717, 1.165) is 4.88 Å². The highest BCUT2D eigenvalue weighted by atomic mass is 32.1. The minimum absolute atomic E-state index is 0.133. The fourth-order valence-corrected chi connectivity index (χ4v) is 3.81. The molecule has 0 N–H and O–H groups in total. The molecule has 0 amide bonds. The van der Waals surface area contributed by atoms with Gasteiger partial charge in [0.05, 0.1) is 12.6 Å². The van der Waals surface area contributed by atoms with Crippen LogP contribution in [-0.4, -0.2) is 0 Å². The molecule has 0 spiro atoms. The molecule has 2 heterocycles. The Morgan fingerprint density at radius 1 is 1.32 bits per heavy atom. The predicted molar refractivity (Wildman–Crippen MR) is 83.8 cm³/mol. The zero-order valence-electron chi connectivity index (χ0n) is 10.7. The molecule has 0 saturated heterocycles. The largest absolute Gasteiger partial charge is 0.263 e. The lowest BCUT2D eigenvalue weighted by Gasteiger charge is -1.91. The molecule has 19 heavy (non-hydrogen) atoms. The number of nitrogens with zero attached hydrogens (tertiary/aromatic N) is 2. The van der Waals surface area contributed by atoms with Crippen LogP contribution in [0.4, 0.5) is 0 Å². The molecule has 0 aliphatic rings. The van der Waals surface area contributed by atoms with Crippen molar-refractivity contribution in [1.82, 2.24) is 0 Å². The Morgan fingerprint density at radius 3 is 2.53 bits per heavy atom. The van der Waals surface area contributed by atoms with Crippen LogP contribution < -0.4 is 0 Å². The molecule has 0 radical (unpaired) electrons. The molecule has 0 fully saturated rings. The second-order valence-corrected chi connectivity index (χ2v) is 6.61. The van der Waals surface area contributed by atoms with E-state index in [4.69, 9.17) is 11.8 Å². The molecule has 2 aromatic heterocycles. The first-order valence-corrected chi connectivity index (χ1v) is 7.46. The second-order valence-electron chi connectivity index (χ2n) is 4.38. The van der Waals surface area contributed by atoms with Crippen molar-refractivity contribution in [2.24, 2.45) is 5.92 Å². The van der Waals surface area contributed by atoms with Gasteiger partial charge in [-0.05, 0) is 30.2 Å². The van der Waals surface area contributed by atoms with E-state index >= 15 is 0 Å². The molecule has 0 aliphatic heterocycles. The van der Waals surface area contributed by atoms with E-state index in [1.165, 1.54) is 14.3 Å². The zero-order chi connectivity index (χ0) is 13.8. The van der Waals surface area contributed by atoms with Crippen molar-refractivity contribution >= 4 is 44.2 Å². The van der Waals surface area contributed by atoms with Crippen molar-refractivity contribution in [3.63, 3.8) is 0 Å². The van der Waals surface area contributed by atoms with Crippen molar-refractivity contribution in [2.45, 2.75) is 13.8 Å². The molecule has 0 unspecified atom stereocenters. The van der Waals surface area contributed by atoms with E-state index in [0.29, 0.717) is 5.92 Å². The minimum atomic E-state index is 0.133. The van der Waals surface area contributed by atoms with E-state index in [1.807, 2.05) is 12.1 Å². The predicted octanol–water partition coefficient (Wildman–Crippen LogP) is 5.42. The van der Waals surface area contributed by atoms with E-state index in [-0.39, 0.29) is 5.70 Å². The van der Waals surface area contributed by atoms with Crippen LogP contribution in [0.1, 0.15) is 23.6 Å². The number of rotatable bonds is 3. The van der Waals surface area contributed by atoms with Crippen molar-refractivity contribution in [3.8, 4) is 6.07 Å².